The second-order valence-corrected chi connectivity index (χ2v) is 6.04. The van der Waals surface area contributed by atoms with Crippen LogP contribution in [0.5, 0.6) is 11.5 Å². The second-order valence-electron chi connectivity index (χ2n) is 6.04. The van der Waals surface area contributed by atoms with Crippen molar-refractivity contribution in [2.45, 2.75) is 19.8 Å². The van der Waals surface area contributed by atoms with Crippen LogP contribution in [0.1, 0.15) is 18.9 Å². The van der Waals surface area contributed by atoms with Crippen LogP contribution in [0.25, 0.3) is 0 Å². The molecule has 1 aliphatic heterocycles. The van der Waals surface area contributed by atoms with Gasteiger partial charge in [-0.25, -0.2) is 4.79 Å². The molecule has 1 N–H and O–H groups in total. The molecule has 0 saturated heterocycles. The van der Waals surface area contributed by atoms with E-state index in [1.54, 1.807) is 38.2 Å². The van der Waals surface area contributed by atoms with Crippen molar-refractivity contribution >= 4 is 23.4 Å². The van der Waals surface area contributed by atoms with Crippen molar-refractivity contribution < 1.29 is 23.8 Å². The molecule has 2 amide bonds. The van der Waals surface area contributed by atoms with Crippen LogP contribution in [0.2, 0.25) is 0 Å². The van der Waals surface area contributed by atoms with E-state index in [1.807, 2.05) is 18.2 Å². The van der Waals surface area contributed by atoms with Crippen molar-refractivity contribution in [2.24, 2.45) is 0 Å². The number of benzene rings is 2. The first-order chi connectivity index (χ1) is 13.1. The molecule has 0 bridgehead atoms. The van der Waals surface area contributed by atoms with Crippen LogP contribution in [-0.4, -0.2) is 32.4 Å². The molecule has 1 heterocycles. The SMILES string of the molecule is CCOC(=O)N(C)c1ccc(NC(=O)CCc2ccc3c(c2)OCO3)cc1. The van der Waals surface area contributed by atoms with Crippen LogP contribution >= 0.6 is 0 Å². The summed E-state index contributed by atoms with van der Waals surface area (Å²) in [6, 6.07) is 12.7. The highest BCUT2D eigenvalue weighted by atomic mass is 16.7. The van der Waals surface area contributed by atoms with E-state index in [0.717, 1.165) is 11.3 Å². The maximum atomic E-state index is 12.2. The molecule has 0 unspecified atom stereocenters. The topological polar surface area (TPSA) is 77.1 Å². The first kappa shape index (κ1) is 18.6. The van der Waals surface area contributed by atoms with E-state index in [0.29, 0.717) is 36.6 Å². The van der Waals surface area contributed by atoms with E-state index in [9.17, 15) is 9.59 Å². The average Bonchev–Trinajstić information content (AvgIpc) is 3.14. The fraction of sp³-hybridized carbons (Fsp3) is 0.300. The molecule has 3 rings (SSSR count). The molecule has 0 spiro atoms. The summed E-state index contributed by atoms with van der Waals surface area (Å²) in [6.45, 7) is 2.31. The zero-order valence-corrected chi connectivity index (χ0v) is 15.4. The van der Waals surface area contributed by atoms with Crippen molar-refractivity contribution in [3.63, 3.8) is 0 Å². The zero-order valence-electron chi connectivity index (χ0n) is 15.4. The third-order valence-electron chi connectivity index (χ3n) is 4.16. The third kappa shape index (κ3) is 4.69. The first-order valence-corrected chi connectivity index (χ1v) is 8.75. The van der Waals surface area contributed by atoms with E-state index >= 15 is 0 Å². The van der Waals surface area contributed by atoms with Gasteiger partial charge in [0.25, 0.3) is 0 Å². The highest BCUT2D eigenvalue weighted by Gasteiger charge is 2.14. The van der Waals surface area contributed by atoms with Gasteiger partial charge in [0.1, 0.15) is 0 Å². The Morgan fingerprint density at radius 2 is 1.85 bits per heavy atom. The van der Waals surface area contributed by atoms with E-state index in [4.69, 9.17) is 14.2 Å². The lowest BCUT2D eigenvalue weighted by atomic mass is 10.1. The number of nitrogens with one attached hydrogen (secondary N) is 1. The van der Waals surface area contributed by atoms with Gasteiger partial charge in [-0.3, -0.25) is 9.69 Å². The number of carbonyl (C=O) groups is 2. The minimum absolute atomic E-state index is 0.0841. The molecule has 7 heteroatoms. The lowest BCUT2D eigenvalue weighted by Gasteiger charge is -2.17. The fourth-order valence-corrected chi connectivity index (χ4v) is 2.67. The van der Waals surface area contributed by atoms with Gasteiger partial charge in [0, 0.05) is 24.8 Å². The Morgan fingerprint density at radius 1 is 1.11 bits per heavy atom. The van der Waals surface area contributed by atoms with Crippen LogP contribution in [0.3, 0.4) is 0 Å². The summed E-state index contributed by atoms with van der Waals surface area (Å²) in [5, 5.41) is 2.86. The molecular weight excluding hydrogens is 348 g/mol. The summed E-state index contributed by atoms with van der Waals surface area (Å²) in [7, 11) is 1.64. The molecule has 27 heavy (non-hydrogen) atoms. The van der Waals surface area contributed by atoms with Gasteiger partial charge in [-0.2, -0.15) is 0 Å². The summed E-state index contributed by atoms with van der Waals surface area (Å²) in [4.78, 5) is 25.3. The molecule has 0 atom stereocenters. The number of anilines is 2. The van der Waals surface area contributed by atoms with Gasteiger partial charge in [0.05, 0.1) is 6.61 Å². The summed E-state index contributed by atoms with van der Waals surface area (Å²) in [5.74, 6) is 1.37. The number of hydrogen-bond donors (Lipinski definition) is 1. The number of aryl methyl sites for hydroxylation is 1. The molecule has 0 fully saturated rings. The van der Waals surface area contributed by atoms with E-state index < -0.39 is 6.09 Å². The highest BCUT2D eigenvalue weighted by molar-refractivity contribution is 5.92. The van der Waals surface area contributed by atoms with Crippen molar-refractivity contribution in [3.8, 4) is 11.5 Å². The third-order valence-corrected chi connectivity index (χ3v) is 4.16. The molecular formula is C20H22N2O5. The van der Waals surface area contributed by atoms with Gasteiger partial charge in [-0.15, -0.1) is 0 Å². The number of fused-ring (bicyclic) bond motifs is 1. The number of carbonyl (C=O) groups excluding carboxylic acids is 2. The Labute approximate surface area is 157 Å². The lowest BCUT2D eigenvalue weighted by Crippen LogP contribution is -2.26. The van der Waals surface area contributed by atoms with Crippen LogP contribution in [-0.2, 0) is 16.0 Å². The normalized spacial score (nSPS) is 11.8. The Bertz CT molecular complexity index is 820. The van der Waals surface area contributed by atoms with Crippen LogP contribution < -0.4 is 19.7 Å². The maximum Gasteiger partial charge on any atom is 0.413 e. The molecule has 0 radical (unpaired) electrons. The first-order valence-electron chi connectivity index (χ1n) is 8.75. The smallest absolute Gasteiger partial charge is 0.413 e. The van der Waals surface area contributed by atoms with Crippen LogP contribution in [0.15, 0.2) is 42.5 Å². The largest absolute Gasteiger partial charge is 0.454 e. The molecule has 0 saturated carbocycles. The van der Waals surface area contributed by atoms with Crippen molar-refractivity contribution in [1.82, 2.24) is 0 Å². The molecule has 7 nitrogen and oxygen atoms in total. The second kappa shape index (κ2) is 8.44. The number of hydrogen-bond acceptors (Lipinski definition) is 5. The van der Waals surface area contributed by atoms with Gasteiger partial charge in [-0.05, 0) is 55.3 Å². The van der Waals surface area contributed by atoms with Crippen LogP contribution in [0, 0.1) is 0 Å². The Morgan fingerprint density at radius 3 is 2.59 bits per heavy atom. The van der Waals surface area contributed by atoms with Crippen LogP contribution in [0.4, 0.5) is 16.2 Å². The van der Waals surface area contributed by atoms with E-state index in [-0.39, 0.29) is 12.7 Å². The fourth-order valence-electron chi connectivity index (χ4n) is 2.67. The van der Waals surface area contributed by atoms with Gasteiger partial charge in [-0.1, -0.05) is 6.07 Å². The predicted molar refractivity (Wildman–Crippen MR) is 101 cm³/mol. The predicted octanol–water partition coefficient (Wildman–Crippen LogP) is 3.58. The zero-order chi connectivity index (χ0) is 19.2. The minimum Gasteiger partial charge on any atom is -0.454 e. The Balaban J connectivity index is 1.51. The number of amides is 2. The van der Waals surface area contributed by atoms with Crippen molar-refractivity contribution in [1.29, 1.82) is 0 Å². The van der Waals surface area contributed by atoms with Crippen molar-refractivity contribution in [3.05, 3.63) is 48.0 Å². The highest BCUT2D eigenvalue weighted by Crippen LogP contribution is 2.32. The van der Waals surface area contributed by atoms with Gasteiger partial charge in [0.15, 0.2) is 11.5 Å². The summed E-state index contributed by atoms with van der Waals surface area (Å²) in [5.41, 5.74) is 2.37. The van der Waals surface area contributed by atoms with Gasteiger partial charge in [0.2, 0.25) is 12.7 Å². The number of nitrogens with zero attached hydrogens (tertiary/aromatic N) is 1. The average molecular weight is 370 g/mol. The van der Waals surface area contributed by atoms with Gasteiger partial charge < -0.3 is 19.5 Å². The Kier molecular flexibility index (Phi) is 5.80. The molecule has 1 aliphatic rings. The Hall–Kier alpha value is -3.22. The molecule has 0 aliphatic carbocycles. The van der Waals surface area contributed by atoms with E-state index in [1.165, 1.54) is 4.90 Å². The molecule has 142 valence electrons. The minimum atomic E-state index is -0.419. The van der Waals surface area contributed by atoms with E-state index in [2.05, 4.69) is 5.32 Å². The summed E-state index contributed by atoms with van der Waals surface area (Å²) >= 11 is 0. The number of ether oxygens (including phenoxy) is 3. The summed E-state index contributed by atoms with van der Waals surface area (Å²) < 4.78 is 15.6. The lowest BCUT2D eigenvalue weighted by molar-refractivity contribution is -0.116. The standard InChI is InChI=1S/C20H22N2O5/c1-3-25-20(24)22(2)16-8-6-15(7-9-16)21-19(23)11-5-14-4-10-17-18(12-14)27-13-26-17/h4,6-10,12H,3,5,11,13H2,1-2H3,(H,21,23). The van der Waals surface area contributed by atoms with Crippen molar-refractivity contribution in [2.75, 3.05) is 30.7 Å². The molecule has 0 aromatic heterocycles. The summed E-state index contributed by atoms with van der Waals surface area (Å²) in [6.07, 6.45) is 0.536. The molecule has 2 aromatic rings. The van der Waals surface area contributed by atoms with Gasteiger partial charge >= 0.3 is 6.09 Å². The number of rotatable bonds is 6. The molecule has 2 aromatic carbocycles. The maximum absolute atomic E-state index is 12.2. The quantitative estimate of drug-likeness (QED) is 0.841. The monoisotopic (exact) mass is 370 g/mol.